The molecular formula is C14H17BrO4. The van der Waals surface area contributed by atoms with E-state index in [1.807, 2.05) is 25.1 Å². The van der Waals surface area contributed by atoms with Gasteiger partial charge in [0.1, 0.15) is 5.76 Å². The zero-order valence-corrected chi connectivity index (χ0v) is 12.6. The number of carbonyl (C=O) groups excluding carboxylic acids is 1. The van der Waals surface area contributed by atoms with E-state index in [0.29, 0.717) is 35.8 Å². The Kier molecular flexibility index (Phi) is 7.03. The fourth-order valence-corrected chi connectivity index (χ4v) is 1.64. The number of alkyl halides is 1. The number of hydrogen-bond acceptors (Lipinski definition) is 4. The standard InChI is InChI=1S/C14H17BrO4/c1-3-17-12-7-5-6-8-13(12)19-11(10-15)9-14(16)18-4-2/h5-9H,3-4,10H2,1-2H3/b11-9+. The summed E-state index contributed by atoms with van der Waals surface area (Å²) in [6.07, 6.45) is 1.32. The second-order valence-electron chi connectivity index (χ2n) is 3.48. The van der Waals surface area contributed by atoms with Crippen LogP contribution in [0.15, 0.2) is 36.1 Å². The van der Waals surface area contributed by atoms with E-state index in [-0.39, 0.29) is 0 Å². The first-order valence-corrected chi connectivity index (χ1v) is 7.16. The van der Waals surface area contributed by atoms with Gasteiger partial charge in [0.05, 0.1) is 24.6 Å². The normalized spacial score (nSPS) is 11.0. The molecule has 0 saturated carbocycles. The van der Waals surface area contributed by atoms with Crippen molar-refractivity contribution in [1.29, 1.82) is 0 Å². The lowest BCUT2D eigenvalue weighted by Gasteiger charge is -2.12. The van der Waals surface area contributed by atoms with Crippen LogP contribution in [0.1, 0.15) is 13.8 Å². The van der Waals surface area contributed by atoms with Gasteiger partial charge in [0.25, 0.3) is 0 Å². The average Bonchev–Trinajstić information content (AvgIpc) is 2.40. The van der Waals surface area contributed by atoms with E-state index < -0.39 is 5.97 Å². The van der Waals surface area contributed by atoms with Crippen LogP contribution in [0, 0.1) is 0 Å². The first-order chi connectivity index (χ1) is 9.21. The second kappa shape index (κ2) is 8.58. The van der Waals surface area contributed by atoms with Gasteiger partial charge in [0, 0.05) is 0 Å². The molecule has 0 aromatic heterocycles. The Balaban J connectivity index is 2.83. The lowest BCUT2D eigenvalue weighted by molar-refractivity contribution is -0.137. The van der Waals surface area contributed by atoms with Crippen LogP contribution < -0.4 is 9.47 Å². The Morgan fingerprint density at radius 1 is 1.21 bits per heavy atom. The van der Waals surface area contributed by atoms with Crippen molar-refractivity contribution in [3.05, 3.63) is 36.1 Å². The summed E-state index contributed by atoms with van der Waals surface area (Å²) in [6.45, 7) is 4.54. The molecule has 1 aromatic carbocycles. The molecule has 4 nitrogen and oxygen atoms in total. The van der Waals surface area contributed by atoms with Crippen LogP contribution in [-0.4, -0.2) is 24.5 Å². The number of rotatable bonds is 7. The van der Waals surface area contributed by atoms with Crippen molar-refractivity contribution in [2.75, 3.05) is 18.5 Å². The number of para-hydroxylation sites is 2. The van der Waals surface area contributed by atoms with Crippen molar-refractivity contribution in [3.8, 4) is 11.5 Å². The van der Waals surface area contributed by atoms with Crippen molar-refractivity contribution in [3.63, 3.8) is 0 Å². The molecule has 0 aliphatic carbocycles. The van der Waals surface area contributed by atoms with Crippen molar-refractivity contribution in [1.82, 2.24) is 0 Å². The molecule has 1 aromatic rings. The molecule has 5 heteroatoms. The summed E-state index contributed by atoms with van der Waals surface area (Å²) in [5.41, 5.74) is 0. The zero-order chi connectivity index (χ0) is 14.1. The third-order valence-corrected chi connectivity index (χ3v) is 2.64. The van der Waals surface area contributed by atoms with Crippen LogP contribution in [0.4, 0.5) is 0 Å². The summed E-state index contributed by atoms with van der Waals surface area (Å²) >= 11 is 3.27. The first-order valence-electron chi connectivity index (χ1n) is 6.04. The van der Waals surface area contributed by atoms with Crippen LogP contribution in [0.5, 0.6) is 11.5 Å². The number of hydrogen-bond donors (Lipinski definition) is 0. The van der Waals surface area contributed by atoms with Crippen LogP contribution in [-0.2, 0) is 9.53 Å². The molecule has 0 fully saturated rings. The number of ether oxygens (including phenoxy) is 3. The molecule has 0 bridgehead atoms. The highest BCUT2D eigenvalue weighted by Crippen LogP contribution is 2.28. The zero-order valence-electron chi connectivity index (χ0n) is 11.0. The van der Waals surface area contributed by atoms with E-state index in [0.717, 1.165) is 0 Å². The fourth-order valence-electron chi connectivity index (χ4n) is 1.36. The fraction of sp³-hybridized carbons (Fsp3) is 0.357. The molecule has 0 heterocycles. The van der Waals surface area contributed by atoms with Gasteiger partial charge in [-0.05, 0) is 26.0 Å². The van der Waals surface area contributed by atoms with Crippen molar-refractivity contribution >= 4 is 21.9 Å². The lowest BCUT2D eigenvalue weighted by atomic mass is 10.3. The average molecular weight is 329 g/mol. The summed E-state index contributed by atoms with van der Waals surface area (Å²) in [7, 11) is 0. The largest absolute Gasteiger partial charge is 0.490 e. The van der Waals surface area contributed by atoms with Gasteiger partial charge in [-0.3, -0.25) is 0 Å². The number of allylic oxidation sites excluding steroid dienone is 1. The molecule has 0 amide bonds. The predicted molar refractivity (Wildman–Crippen MR) is 76.7 cm³/mol. The molecule has 0 aliphatic heterocycles. The number of esters is 1. The van der Waals surface area contributed by atoms with Crippen LogP contribution in [0.3, 0.4) is 0 Å². The third-order valence-electron chi connectivity index (χ3n) is 2.09. The van der Waals surface area contributed by atoms with Gasteiger partial charge < -0.3 is 14.2 Å². The van der Waals surface area contributed by atoms with E-state index in [2.05, 4.69) is 15.9 Å². The van der Waals surface area contributed by atoms with E-state index in [4.69, 9.17) is 14.2 Å². The van der Waals surface area contributed by atoms with Crippen molar-refractivity contribution in [2.45, 2.75) is 13.8 Å². The maximum absolute atomic E-state index is 11.4. The van der Waals surface area contributed by atoms with Crippen LogP contribution in [0.25, 0.3) is 0 Å². The lowest BCUT2D eigenvalue weighted by Crippen LogP contribution is -2.06. The van der Waals surface area contributed by atoms with Gasteiger partial charge in [-0.25, -0.2) is 4.79 Å². The van der Waals surface area contributed by atoms with Gasteiger partial charge >= 0.3 is 5.97 Å². The van der Waals surface area contributed by atoms with E-state index >= 15 is 0 Å². The molecule has 0 N–H and O–H groups in total. The predicted octanol–water partition coefficient (Wildman–Crippen LogP) is 3.31. The monoisotopic (exact) mass is 328 g/mol. The van der Waals surface area contributed by atoms with E-state index in [9.17, 15) is 4.79 Å². The maximum Gasteiger partial charge on any atom is 0.334 e. The first kappa shape index (κ1) is 15.6. The summed E-state index contributed by atoms with van der Waals surface area (Å²) < 4.78 is 15.9. The second-order valence-corrected chi connectivity index (χ2v) is 4.04. The molecular weight excluding hydrogens is 312 g/mol. The van der Waals surface area contributed by atoms with Crippen molar-refractivity contribution in [2.24, 2.45) is 0 Å². The van der Waals surface area contributed by atoms with Gasteiger partial charge in [-0.2, -0.15) is 0 Å². The summed E-state index contributed by atoms with van der Waals surface area (Å²) in [5, 5.41) is 0.409. The van der Waals surface area contributed by atoms with Crippen LogP contribution in [0.2, 0.25) is 0 Å². The van der Waals surface area contributed by atoms with Gasteiger partial charge in [-0.1, -0.05) is 28.1 Å². The smallest absolute Gasteiger partial charge is 0.334 e. The molecule has 1 rings (SSSR count). The molecule has 0 saturated heterocycles. The molecule has 0 radical (unpaired) electrons. The third kappa shape index (κ3) is 5.34. The van der Waals surface area contributed by atoms with E-state index in [1.54, 1.807) is 13.0 Å². The maximum atomic E-state index is 11.4. The highest BCUT2D eigenvalue weighted by atomic mass is 79.9. The SMILES string of the molecule is CCOC(=O)/C=C(\CBr)Oc1ccccc1OCC. The highest BCUT2D eigenvalue weighted by molar-refractivity contribution is 9.09. The Bertz CT molecular complexity index is 443. The van der Waals surface area contributed by atoms with Crippen LogP contribution >= 0.6 is 15.9 Å². The molecule has 19 heavy (non-hydrogen) atoms. The molecule has 0 aliphatic rings. The highest BCUT2D eigenvalue weighted by Gasteiger charge is 2.08. The molecule has 0 spiro atoms. The summed E-state index contributed by atoms with van der Waals surface area (Å²) in [5.74, 6) is 1.25. The molecule has 104 valence electrons. The minimum atomic E-state index is -0.425. The Labute approximate surface area is 121 Å². The Morgan fingerprint density at radius 2 is 1.89 bits per heavy atom. The summed E-state index contributed by atoms with van der Waals surface area (Å²) in [6, 6.07) is 7.30. The number of benzene rings is 1. The van der Waals surface area contributed by atoms with E-state index in [1.165, 1.54) is 6.08 Å². The number of carbonyl (C=O) groups is 1. The van der Waals surface area contributed by atoms with Gasteiger partial charge in [0.15, 0.2) is 11.5 Å². The van der Waals surface area contributed by atoms with Crippen molar-refractivity contribution < 1.29 is 19.0 Å². The minimum absolute atomic E-state index is 0.334. The minimum Gasteiger partial charge on any atom is -0.490 e. The number of halogens is 1. The Morgan fingerprint density at radius 3 is 2.47 bits per heavy atom. The topological polar surface area (TPSA) is 44.8 Å². The molecule has 0 unspecified atom stereocenters. The van der Waals surface area contributed by atoms with Gasteiger partial charge in [-0.15, -0.1) is 0 Å². The Hall–Kier alpha value is -1.49. The quantitative estimate of drug-likeness (QED) is 0.333. The molecule has 0 atom stereocenters. The summed E-state index contributed by atoms with van der Waals surface area (Å²) in [4.78, 5) is 11.4. The van der Waals surface area contributed by atoms with Gasteiger partial charge in [0.2, 0.25) is 0 Å².